The second kappa shape index (κ2) is 6.97. The Bertz CT molecular complexity index is 499. The fourth-order valence-corrected chi connectivity index (χ4v) is 2.03. The minimum Gasteiger partial charge on any atom is -0.390 e. The second-order valence-electron chi connectivity index (χ2n) is 5.59. The van der Waals surface area contributed by atoms with Crippen LogP contribution in [0.4, 0.5) is 5.69 Å². The molecule has 1 rings (SSSR count). The Kier molecular flexibility index (Phi) is 5.82. The molecule has 3 N–H and O–H groups in total. The first-order chi connectivity index (χ1) is 9.68. The maximum Gasteiger partial charge on any atom is 0.312 e. The van der Waals surface area contributed by atoms with Crippen LogP contribution in [-0.2, 0) is 6.54 Å². The number of hydrogen-bond donors (Lipinski definition) is 3. The highest BCUT2D eigenvalue weighted by Crippen LogP contribution is 2.21. The summed E-state index contributed by atoms with van der Waals surface area (Å²) in [5.74, 6) is 0. The SMILES string of the molecule is CCC(C)(O)CNCC(O)Cn1nc(C)c([N+](=O)[O-])c1C. The average molecular weight is 300 g/mol. The molecular formula is C13H24N4O4. The zero-order valence-corrected chi connectivity index (χ0v) is 13.0. The van der Waals surface area contributed by atoms with Gasteiger partial charge in [0.05, 0.1) is 23.2 Å². The van der Waals surface area contributed by atoms with Crippen molar-refractivity contribution in [1.29, 1.82) is 0 Å². The van der Waals surface area contributed by atoms with E-state index in [1.165, 1.54) is 4.68 Å². The first-order valence-corrected chi connectivity index (χ1v) is 6.97. The minimum atomic E-state index is -0.809. The average Bonchev–Trinajstić information content (AvgIpc) is 2.64. The lowest BCUT2D eigenvalue weighted by atomic mass is 10.0. The van der Waals surface area contributed by atoms with E-state index in [0.29, 0.717) is 24.4 Å². The van der Waals surface area contributed by atoms with E-state index in [1.54, 1.807) is 20.8 Å². The van der Waals surface area contributed by atoms with Gasteiger partial charge >= 0.3 is 5.69 Å². The van der Waals surface area contributed by atoms with Crippen LogP contribution in [0.2, 0.25) is 0 Å². The van der Waals surface area contributed by atoms with Gasteiger partial charge in [0.15, 0.2) is 0 Å². The summed E-state index contributed by atoms with van der Waals surface area (Å²) < 4.78 is 1.44. The van der Waals surface area contributed by atoms with Crippen LogP contribution < -0.4 is 5.32 Å². The summed E-state index contributed by atoms with van der Waals surface area (Å²) in [6.07, 6.45) is -0.130. The van der Waals surface area contributed by atoms with Crippen molar-refractivity contribution >= 4 is 5.69 Å². The van der Waals surface area contributed by atoms with E-state index in [1.807, 2.05) is 6.92 Å². The van der Waals surface area contributed by atoms with Crippen LogP contribution >= 0.6 is 0 Å². The van der Waals surface area contributed by atoms with Gasteiger partial charge < -0.3 is 15.5 Å². The zero-order chi connectivity index (χ0) is 16.2. The Morgan fingerprint density at radius 1 is 1.52 bits per heavy atom. The molecule has 0 aliphatic carbocycles. The Morgan fingerprint density at radius 2 is 2.14 bits per heavy atom. The number of hydrogen-bond acceptors (Lipinski definition) is 6. The Hall–Kier alpha value is -1.51. The maximum absolute atomic E-state index is 10.9. The van der Waals surface area contributed by atoms with Crippen molar-refractivity contribution < 1.29 is 15.1 Å². The van der Waals surface area contributed by atoms with Crippen molar-refractivity contribution in [2.75, 3.05) is 13.1 Å². The molecule has 1 aromatic rings. The van der Waals surface area contributed by atoms with Gasteiger partial charge in [-0.1, -0.05) is 6.92 Å². The smallest absolute Gasteiger partial charge is 0.312 e. The summed E-state index contributed by atoms with van der Waals surface area (Å²) in [4.78, 5) is 10.4. The normalized spacial score (nSPS) is 15.7. The summed E-state index contributed by atoms with van der Waals surface area (Å²) in [6, 6.07) is 0. The summed E-state index contributed by atoms with van der Waals surface area (Å²) >= 11 is 0. The molecule has 2 atom stereocenters. The topological polar surface area (TPSA) is 113 Å². The van der Waals surface area contributed by atoms with Crippen molar-refractivity contribution in [1.82, 2.24) is 15.1 Å². The van der Waals surface area contributed by atoms with Gasteiger partial charge in [-0.2, -0.15) is 5.10 Å². The second-order valence-corrected chi connectivity index (χ2v) is 5.59. The fraction of sp³-hybridized carbons (Fsp3) is 0.769. The van der Waals surface area contributed by atoms with Gasteiger partial charge in [0.25, 0.3) is 0 Å². The Labute approximate surface area is 123 Å². The first kappa shape index (κ1) is 17.5. The number of aromatic nitrogens is 2. The Morgan fingerprint density at radius 3 is 2.62 bits per heavy atom. The maximum atomic E-state index is 10.9. The molecule has 0 aromatic carbocycles. The monoisotopic (exact) mass is 300 g/mol. The molecule has 0 radical (unpaired) electrons. The molecule has 0 saturated heterocycles. The van der Waals surface area contributed by atoms with E-state index in [-0.39, 0.29) is 18.8 Å². The molecule has 8 nitrogen and oxygen atoms in total. The van der Waals surface area contributed by atoms with E-state index < -0.39 is 16.6 Å². The standard InChI is InChI=1S/C13H24N4O4/c1-5-13(4,19)8-14-6-11(18)7-16-10(3)12(17(20)21)9(2)15-16/h11,14,18-19H,5-8H2,1-4H3. The molecule has 120 valence electrons. The molecule has 0 aliphatic heterocycles. The lowest BCUT2D eigenvalue weighted by molar-refractivity contribution is -0.386. The van der Waals surface area contributed by atoms with Crippen molar-refractivity contribution in [3.8, 4) is 0 Å². The van der Waals surface area contributed by atoms with Crippen molar-refractivity contribution in [3.63, 3.8) is 0 Å². The van der Waals surface area contributed by atoms with Gasteiger partial charge in [0.1, 0.15) is 11.4 Å². The number of aliphatic hydroxyl groups is 2. The number of nitrogens with zero attached hydrogens (tertiary/aromatic N) is 3. The molecule has 0 saturated carbocycles. The number of nitro groups is 1. The summed E-state index contributed by atoms with van der Waals surface area (Å²) in [5, 5.41) is 37.8. The van der Waals surface area contributed by atoms with Gasteiger partial charge in [-0.05, 0) is 27.2 Å². The number of rotatable bonds is 8. The highest BCUT2D eigenvalue weighted by Gasteiger charge is 2.23. The van der Waals surface area contributed by atoms with Crippen LogP contribution in [-0.4, -0.2) is 49.7 Å². The van der Waals surface area contributed by atoms with E-state index in [0.717, 1.165) is 0 Å². The third-order valence-electron chi connectivity index (χ3n) is 3.56. The predicted molar refractivity (Wildman–Crippen MR) is 78.1 cm³/mol. The molecule has 8 heteroatoms. The van der Waals surface area contributed by atoms with Crippen molar-refractivity contribution in [2.45, 2.75) is 52.4 Å². The third-order valence-corrected chi connectivity index (χ3v) is 3.56. The first-order valence-electron chi connectivity index (χ1n) is 6.97. The summed E-state index contributed by atoms with van der Waals surface area (Å²) in [5.41, 5.74) is -0.0516. The van der Waals surface area contributed by atoms with Crippen LogP contribution in [0.1, 0.15) is 31.7 Å². The number of aliphatic hydroxyl groups excluding tert-OH is 1. The summed E-state index contributed by atoms with van der Waals surface area (Å²) in [6.45, 7) is 7.61. The van der Waals surface area contributed by atoms with Crippen LogP contribution in [0.25, 0.3) is 0 Å². The largest absolute Gasteiger partial charge is 0.390 e. The van der Waals surface area contributed by atoms with Crippen molar-refractivity contribution in [3.05, 3.63) is 21.5 Å². The molecular weight excluding hydrogens is 276 g/mol. The van der Waals surface area contributed by atoms with Gasteiger partial charge in [-0.25, -0.2) is 0 Å². The van der Waals surface area contributed by atoms with E-state index >= 15 is 0 Å². The fourth-order valence-electron chi connectivity index (χ4n) is 2.03. The van der Waals surface area contributed by atoms with E-state index in [4.69, 9.17) is 0 Å². The van der Waals surface area contributed by atoms with Gasteiger partial charge in [-0.3, -0.25) is 14.8 Å². The molecule has 1 heterocycles. The van der Waals surface area contributed by atoms with Gasteiger partial charge in [0.2, 0.25) is 0 Å². The highest BCUT2D eigenvalue weighted by molar-refractivity contribution is 5.39. The molecule has 1 aromatic heterocycles. The quantitative estimate of drug-likeness (QED) is 0.476. The van der Waals surface area contributed by atoms with E-state index in [2.05, 4.69) is 10.4 Å². The van der Waals surface area contributed by atoms with Crippen LogP contribution in [0, 0.1) is 24.0 Å². The molecule has 0 amide bonds. The zero-order valence-electron chi connectivity index (χ0n) is 13.0. The van der Waals surface area contributed by atoms with Gasteiger partial charge in [0, 0.05) is 13.1 Å². The van der Waals surface area contributed by atoms with Crippen LogP contribution in [0.5, 0.6) is 0 Å². The Balaban J connectivity index is 2.58. The predicted octanol–water partition coefficient (Wildman–Crippen LogP) is 0.520. The van der Waals surface area contributed by atoms with Crippen LogP contribution in [0.15, 0.2) is 0 Å². The number of nitrogens with one attached hydrogen (secondary N) is 1. The molecule has 0 aliphatic rings. The lowest BCUT2D eigenvalue weighted by Crippen LogP contribution is -2.41. The van der Waals surface area contributed by atoms with Gasteiger partial charge in [-0.15, -0.1) is 0 Å². The third kappa shape index (κ3) is 4.76. The minimum absolute atomic E-state index is 0.0101. The summed E-state index contributed by atoms with van der Waals surface area (Å²) in [7, 11) is 0. The number of aryl methyl sites for hydroxylation is 1. The molecule has 21 heavy (non-hydrogen) atoms. The highest BCUT2D eigenvalue weighted by atomic mass is 16.6. The molecule has 0 bridgehead atoms. The lowest BCUT2D eigenvalue weighted by Gasteiger charge is -2.22. The molecule has 0 spiro atoms. The van der Waals surface area contributed by atoms with Crippen LogP contribution in [0.3, 0.4) is 0 Å². The van der Waals surface area contributed by atoms with Crippen molar-refractivity contribution in [2.24, 2.45) is 0 Å². The molecule has 0 fully saturated rings. The van der Waals surface area contributed by atoms with E-state index in [9.17, 15) is 20.3 Å². The molecule has 2 unspecified atom stereocenters.